The Morgan fingerprint density at radius 3 is 2.78 bits per heavy atom. The normalized spacial score (nSPS) is 15.7. The number of fused-ring (bicyclic) bond motifs is 1. The van der Waals surface area contributed by atoms with Gasteiger partial charge in [0.15, 0.2) is 11.5 Å². The summed E-state index contributed by atoms with van der Waals surface area (Å²) in [5, 5.41) is 4.97. The lowest BCUT2D eigenvalue weighted by molar-refractivity contribution is -0.116. The highest BCUT2D eigenvalue weighted by atomic mass is 32.1. The van der Waals surface area contributed by atoms with Crippen molar-refractivity contribution < 1.29 is 14.3 Å². The summed E-state index contributed by atoms with van der Waals surface area (Å²) in [5.74, 6) is 1.44. The second kappa shape index (κ2) is 7.84. The molecule has 3 aromatic rings. The molecule has 0 spiro atoms. The summed E-state index contributed by atoms with van der Waals surface area (Å²) >= 11 is 1.66. The number of amides is 1. The third-order valence-corrected chi connectivity index (χ3v) is 5.79. The van der Waals surface area contributed by atoms with Crippen molar-refractivity contribution in [2.45, 2.75) is 18.8 Å². The van der Waals surface area contributed by atoms with Gasteiger partial charge in [-0.05, 0) is 23.1 Å². The molecule has 138 valence electrons. The second-order valence-electron chi connectivity index (χ2n) is 6.47. The Balaban J connectivity index is 1.63. The van der Waals surface area contributed by atoms with Crippen molar-refractivity contribution in [3.8, 4) is 11.5 Å². The van der Waals surface area contributed by atoms with E-state index in [0.29, 0.717) is 18.8 Å². The van der Waals surface area contributed by atoms with Gasteiger partial charge < -0.3 is 14.8 Å². The highest BCUT2D eigenvalue weighted by Crippen LogP contribution is 2.46. The number of methoxy groups -OCH3 is 1. The molecule has 0 bridgehead atoms. The molecule has 0 saturated carbocycles. The lowest BCUT2D eigenvalue weighted by Crippen LogP contribution is -2.22. The fourth-order valence-electron chi connectivity index (χ4n) is 3.46. The largest absolute Gasteiger partial charge is 0.493 e. The maximum Gasteiger partial charge on any atom is 0.225 e. The molecule has 0 aliphatic carbocycles. The molecule has 1 aliphatic heterocycles. The molecule has 1 unspecified atom stereocenters. The van der Waals surface area contributed by atoms with E-state index in [9.17, 15) is 4.79 Å². The molecule has 4 nitrogen and oxygen atoms in total. The van der Waals surface area contributed by atoms with E-state index in [0.717, 1.165) is 28.3 Å². The summed E-state index contributed by atoms with van der Waals surface area (Å²) in [6.07, 6.45) is 1.23. The fraction of sp³-hybridized carbons (Fsp3) is 0.227. The van der Waals surface area contributed by atoms with Gasteiger partial charge in [-0.3, -0.25) is 4.79 Å². The van der Waals surface area contributed by atoms with Crippen molar-refractivity contribution >= 4 is 22.9 Å². The van der Waals surface area contributed by atoms with E-state index in [1.165, 1.54) is 5.56 Å². The van der Waals surface area contributed by atoms with E-state index in [4.69, 9.17) is 9.47 Å². The standard InChI is InChI=1S/C22H21NO3S/c1-25-19-9-5-8-16(17-14-20(24)23-18-11-13-27-22(17)18)21(19)26-12-10-15-6-3-2-4-7-15/h2-9,11,13,17H,10,12,14H2,1H3,(H,23,24). The van der Waals surface area contributed by atoms with Crippen LogP contribution in [0.5, 0.6) is 11.5 Å². The van der Waals surface area contributed by atoms with Gasteiger partial charge in [0.05, 0.1) is 19.4 Å². The Kier molecular flexibility index (Phi) is 5.12. The molecule has 2 heterocycles. The minimum Gasteiger partial charge on any atom is -0.493 e. The average Bonchev–Trinajstić information content (AvgIpc) is 3.16. The number of para-hydroxylation sites is 1. The highest BCUT2D eigenvalue weighted by molar-refractivity contribution is 7.10. The van der Waals surface area contributed by atoms with Gasteiger partial charge in [0, 0.05) is 29.2 Å². The van der Waals surface area contributed by atoms with Crippen LogP contribution < -0.4 is 14.8 Å². The maximum atomic E-state index is 12.2. The summed E-state index contributed by atoms with van der Waals surface area (Å²) in [4.78, 5) is 13.4. The Hall–Kier alpha value is -2.79. The van der Waals surface area contributed by atoms with Crippen LogP contribution >= 0.6 is 11.3 Å². The number of carbonyl (C=O) groups is 1. The van der Waals surface area contributed by atoms with E-state index in [2.05, 4.69) is 17.4 Å². The summed E-state index contributed by atoms with van der Waals surface area (Å²) in [6.45, 7) is 0.549. The van der Waals surface area contributed by atoms with Gasteiger partial charge >= 0.3 is 0 Å². The number of anilines is 1. The zero-order valence-electron chi connectivity index (χ0n) is 15.1. The highest BCUT2D eigenvalue weighted by Gasteiger charge is 2.30. The molecule has 1 N–H and O–H groups in total. The molecule has 0 fully saturated rings. The van der Waals surface area contributed by atoms with Gasteiger partial charge in [0.2, 0.25) is 5.91 Å². The molecule has 1 aliphatic rings. The molecule has 0 radical (unpaired) electrons. The second-order valence-corrected chi connectivity index (χ2v) is 7.41. The molecule has 27 heavy (non-hydrogen) atoms. The number of ether oxygens (including phenoxy) is 2. The first-order chi connectivity index (χ1) is 13.3. The van der Waals surface area contributed by atoms with E-state index in [1.54, 1.807) is 18.4 Å². The van der Waals surface area contributed by atoms with Gasteiger partial charge in [0.1, 0.15) is 0 Å². The molecule has 1 atom stereocenters. The topological polar surface area (TPSA) is 47.6 Å². The number of hydrogen-bond acceptors (Lipinski definition) is 4. The molecule has 5 heteroatoms. The van der Waals surface area contributed by atoms with Crippen LogP contribution in [-0.2, 0) is 11.2 Å². The van der Waals surface area contributed by atoms with Gasteiger partial charge in [-0.25, -0.2) is 0 Å². The van der Waals surface area contributed by atoms with Crippen molar-refractivity contribution in [1.29, 1.82) is 0 Å². The zero-order chi connectivity index (χ0) is 18.6. The van der Waals surface area contributed by atoms with Crippen molar-refractivity contribution in [3.63, 3.8) is 0 Å². The van der Waals surface area contributed by atoms with Gasteiger partial charge in [0.25, 0.3) is 0 Å². The van der Waals surface area contributed by atoms with Crippen LogP contribution in [-0.4, -0.2) is 19.6 Å². The fourth-order valence-corrected chi connectivity index (χ4v) is 4.43. The summed E-state index contributed by atoms with van der Waals surface area (Å²) < 4.78 is 11.7. The Bertz CT molecular complexity index is 936. The van der Waals surface area contributed by atoms with E-state index in [1.807, 2.05) is 47.8 Å². The number of rotatable bonds is 6. The number of benzene rings is 2. The summed E-state index contributed by atoms with van der Waals surface area (Å²) in [7, 11) is 1.65. The van der Waals surface area contributed by atoms with Gasteiger partial charge in [-0.2, -0.15) is 0 Å². The van der Waals surface area contributed by atoms with E-state index >= 15 is 0 Å². The molecule has 2 aromatic carbocycles. The predicted molar refractivity (Wildman–Crippen MR) is 108 cm³/mol. The molecule has 4 rings (SSSR count). The minimum atomic E-state index is -0.0180. The Morgan fingerprint density at radius 2 is 1.96 bits per heavy atom. The zero-order valence-corrected chi connectivity index (χ0v) is 15.9. The lowest BCUT2D eigenvalue weighted by Gasteiger charge is -2.25. The van der Waals surface area contributed by atoms with Crippen molar-refractivity contribution in [2.24, 2.45) is 0 Å². The first-order valence-electron chi connectivity index (χ1n) is 8.97. The summed E-state index contributed by atoms with van der Waals surface area (Å²) in [5.41, 5.74) is 3.13. The quantitative estimate of drug-likeness (QED) is 0.666. The molecule has 1 amide bonds. The van der Waals surface area contributed by atoms with Gasteiger partial charge in [-0.15, -0.1) is 11.3 Å². The molecular weight excluding hydrogens is 358 g/mol. The van der Waals surface area contributed by atoms with Crippen LogP contribution in [0.1, 0.15) is 28.3 Å². The number of nitrogens with one attached hydrogen (secondary N) is 1. The van der Waals surface area contributed by atoms with Crippen LogP contribution in [0.2, 0.25) is 0 Å². The average molecular weight is 379 g/mol. The van der Waals surface area contributed by atoms with Crippen molar-refractivity contribution in [1.82, 2.24) is 0 Å². The van der Waals surface area contributed by atoms with Crippen LogP contribution in [0.25, 0.3) is 0 Å². The Labute approximate surface area is 162 Å². The van der Waals surface area contributed by atoms with Crippen LogP contribution in [0.3, 0.4) is 0 Å². The molecule has 0 saturated heterocycles. The van der Waals surface area contributed by atoms with Crippen LogP contribution in [0.4, 0.5) is 5.69 Å². The number of thiophene rings is 1. The van der Waals surface area contributed by atoms with E-state index < -0.39 is 0 Å². The predicted octanol–water partition coefficient (Wildman–Crippen LogP) is 4.85. The van der Waals surface area contributed by atoms with E-state index in [-0.39, 0.29) is 11.8 Å². The summed E-state index contributed by atoms with van der Waals surface area (Å²) in [6, 6.07) is 18.1. The monoisotopic (exact) mass is 379 g/mol. The van der Waals surface area contributed by atoms with Crippen LogP contribution in [0, 0.1) is 0 Å². The first kappa shape index (κ1) is 17.6. The number of hydrogen-bond donors (Lipinski definition) is 1. The minimum absolute atomic E-state index is 0.0180. The number of carbonyl (C=O) groups excluding carboxylic acids is 1. The van der Waals surface area contributed by atoms with Crippen molar-refractivity contribution in [2.75, 3.05) is 19.0 Å². The molecule has 1 aromatic heterocycles. The third kappa shape index (κ3) is 3.69. The van der Waals surface area contributed by atoms with Crippen molar-refractivity contribution in [3.05, 3.63) is 76.0 Å². The first-order valence-corrected chi connectivity index (χ1v) is 9.85. The lowest BCUT2D eigenvalue weighted by atomic mass is 9.89. The van der Waals surface area contributed by atoms with Gasteiger partial charge in [-0.1, -0.05) is 42.5 Å². The SMILES string of the molecule is COc1cccc(C2CC(=O)Nc3ccsc32)c1OCCc1ccccc1. The molecular formula is C22H21NO3S. The smallest absolute Gasteiger partial charge is 0.225 e. The maximum absolute atomic E-state index is 12.2. The Morgan fingerprint density at radius 1 is 1.11 bits per heavy atom. The third-order valence-electron chi connectivity index (χ3n) is 4.76. The van der Waals surface area contributed by atoms with Crippen LogP contribution in [0.15, 0.2) is 60.0 Å².